The number of aliphatic hydroxyl groups is 1. The molecule has 0 spiro atoms. The zero-order valence-corrected chi connectivity index (χ0v) is 93.2. The maximum absolute atomic E-state index is 13.6. The SMILES string of the molecule is CC(C)(C)c1cc(CN(CC(=O)[O-])Cc2cc(C(C)(C)C)cc(C(C)(C)C)c2[O-])c([O-])c(C(C)(C)C)c1.CC(C)(C)c1cc(CN(CC(=O)[O-])Cc2cc(C(C)(C)C)cc(C(C)(C)C)c2[O-])c([O-])c(C(C)(C)C)c1.CC(C)(C)c1cc(CN(CC(=O)[O-])Cc2cc(C(C)(C)C)cc(C(C)(C)C)c2[O-])c([O-])c(C(C)(C)C)c1.CC(C)O.CC(C)[O-].CC(C)[O-].CC(C)[O-].[Ti+4].[Ti+4].[Ti+4]. The second kappa shape index (κ2) is 51.5. The third-order valence-electron chi connectivity index (χ3n) is 20.5. The molecule has 0 aromatic heterocycles. The molecule has 19 nitrogen and oxygen atoms in total. The van der Waals surface area contributed by atoms with Crippen molar-refractivity contribution in [3.63, 3.8) is 0 Å². The number of carbonyl (C=O) groups is 3. The summed E-state index contributed by atoms with van der Waals surface area (Å²) < 4.78 is 0. The predicted molar refractivity (Wildman–Crippen MR) is 500 cm³/mol. The molecule has 0 saturated carbocycles. The Morgan fingerprint density at radius 2 is 0.331 bits per heavy atom. The van der Waals surface area contributed by atoms with Gasteiger partial charge in [0.25, 0.3) is 0 Å². The summed E-state index contributed by atoms with van der Waals surface area (Å²) in [5.74, 6) is -4.21. The second-order valence-electron chi connectivity index (χ2n) is 47.9. The van der Waals surface area contributed by atoms with Gasteiger partial charge in [0.2, 0.25) is 0 Å². The van der Waals surface area contributed by atoms with E-state index in [2.05, 4.69) is 125 Å². The van der Waals surface area contributed by atoms with Crippen molar-refractivity contribution in [2.75, 3.05) is 19.6 Å². The number of carboxylic acids is 3. The number of aliphatic carboxylic acids is 3. The largest absolute Gasteiger partial charge is 4.00 e. The van der Waals surface area contributed by atoms with Gasteiger partial charge in [0.15, 0.2) is 0 Å². The van der Waals surface area contributed by atoms with Crippen molar-refractivity contribution in [1.82, 2.24) is 14.7 Å². The molecule has 130 heavy (non-hydrogen) atoms. The Hall–Kier alpha value is -5.61. The van der Waals surface area contributed by atoms with Gasteiger partial charge >= 0.3 is 65.2 Å². The third kappa shape index (κ3) is 45.8. The number of rotatable bonds is 18. The topological polar surface area (TPSA) is 358 Å². The molecule has 722 valence electrons. The van der Waals surface area contributed by atoms with E-state index in [9.17, 15) is 75.7 Å². The first-order chi connectivity index (χ1) is 56.5. The summed E-state index contributed by atoms with van der Waals surface area (Å²) in [6.07, 6.45) is -1.42. The van der Waals surface area contributed by atoms with E-state index in [1.54, 1.807) is 70.1 Å². The normalized spacial score (nSPS) is 12.5. The fraction of sp³-hybridized carbons (Fsp3) is 0.639. The van der Waals surface area contributed by atoms with Crippen LogP contribution in [0.15, 0.2) is 72.8 Å². The van der Waals surface area contributed by atoms with Gasteiger partial charge in [-0.05, 0) is 179 Å². The van der Waals surface area contributed by atoms with Gasteiger partial charge in [-0.1, -0.05) is 364 Å². The van der Waals surface area contributed by atoms with E-state index in [-0.39, 0.29) is 230 Å². The predicted octanol–water partition coefficient (Wildman–Crippen LogP) is 14.0. The summed E-state index contributed by atoms with van der Waals surface area (Å²) >= 11 is 0. The van der Waals surface area contributed by atoms with Crippen molar-refractivity contribution in [2.24, 2.45) is 0 Å². The quantitative estimate of drug-likeness (QED) is 0.0781. The van der Waals surface area contributed by atoms with Crippen LogP contribution < -0.4 is 61.3 Å². The second-order valence-corrected chi connectivity index (χ2v) is 47.9. The molecule has 0 aliphatic rings. The average molecular weight is 1910 g/mol. The van der Waals surface area contributed by atoms with E-state index in [0.717, 1.165) is 33.4 Å². The van der Waals surface area contributed by atoms with E-state index in [0.29, 0.717) is 66.8 Å². The minimum atomic E-state index is -1.24. The van der Waals surface area contributed by atoms with Gasteiger partial charge < -0.3 is 80.8 Å². The molecule has 6 rings (SSSR count). The van der Waals surface area contributed by atoms with Crippen LogP contribution >= 0.6 is 0 Å². The summed E-state index contributed by atoms with van der Waals surface area (Å²) in [6.45, 7) is 86.5. The number of carbonyl (C=O) groups excluding carboxylic acids is 3. The molecular formula is C108H167N3O16Ti3. The number of hydrogen-bond acceptors (Lipinski definition) is 19. The minimum absolute atomic E-state index is 0. The van der Waals surface area contributed by atoms with Crippen LogP contribution in [-0.4, -0.2) is 81.8 Å². The molecule has 0 amide bonds. The minimum Gasteiger partial charge on any atom is -0.872 e. The van der Waals surface area contributed by atoms with E-state index >= 15 is 0 Å². The Bertz CT molecular complexity index is 3810. The first-order valence-electron chi connectivity index (χ1n) is 45.0. The fourth-order valence-electron chi connectivity index (χ4n) is 13.3. The van der Waals surface area contributed by atoms with Gasteiger partial charge in [0, 0.05) is 65.0 Å². The number of nitrogens with zero attached hydrogens (tertiary/aromatic N) is 3. The van der Waals surface area contributed by atoms with Crippen molar-refractivity contribution in [1.29, 1.82) is 0 Å². The van der Waals surface area contributed by atoms with E-state index in [4.69, 9.17) is 5.11 Å². The van der Waals surface area contributed by atoms with Crippen LogP contribution in [0.4, 0.5) is 0 Å². The maximum atomic E-state index is 13.6. The summed E-state index contributed by atoms with van der Waals surface area (Å²) in [6, 6.07) is 23.2. The fourth-order valence-corrected chi connectivity index (χ4v) is 13.3. The van der Waals surface area contributed by atoms with Gasteiger partial charge in [-0.15, -0.1) is 52.8 Å². The van der Waals surface area contributed by atoms with Crippen LogP contribution in [0.3, 0.4) is 0 Å². The van der Waals surface area contributed by atoms with Crippen LogP contribution in [0.1, 0.15) is 405 Å². The molecule has 0 bridgehead atoms. The smallest absolute Gasteiger partial charge is 0.872 e. The Kier molecular flexibility index (Phi) is 51.8. The van der Waals surface area contributed by atoms with Crippen molar-refractivity contribution in [3.8, 4) is 34.5 Å². The molecule has 0 aliphatic carbocycles. The molecule has 6 aromatic carbocycles. The van der Waals surface area contributed by atoms with Crippen molar-refractivity contribution in [2.45, 2.75) is 433 Å². The van der Waals surface area contributed by atoms with Crippen LogP contribution in [0.25, 0.3) is 0 Å². The number of carboxylic acid groups (broad SMARTS) is 3. The van der Waals surface area contributed by atoms with Gasteiger partial charge in [0.1, 0.15) is 0 Å². The first kappa shape index (κ1) is 131. The van der Waals surface area contributed by atoms with Crippen molar-refractivity contribution < 1.29 is 146 Å². The molecule has 6 aromatic rings. The Morgan fingerprint density at radius 3 is 0.400 bits per heavy atom. The third-order valence-corrected chi connectivity index (χ3v) is 20.5. The number of hydrogen-bond donors (Lipinski definition) is 1. The maximum Gasteiger partial charge on any atom is 4.00 e. The molecule has 1 N–H and O–H groups in total. The summed E-state index contributed by atoms with van der Waals surface area (Å²) in [7, 11) is 0. The molecule has 0 unspecified atom stereocenters. The van der Waals surface area contributed by atoms with E-state index < -0.39 is 36.2 Å². The zero-order valence-electron chi connectivity index (χ0n) is 88.5. The average Bonchev–Trinajstić information content (AvgIpc) is 0.782. The zero-order chi connectivity index (χ0) is 100. The number of aliphatic hydroxyl groups excluding tert-OH is 1. The van der Waals surface area contributed by atoms with E-state index in [1.807, 2.05) is 197 Å². The first-order valence-corrected chi connectivity index (χ1v) is 45.0. The van der Waals surface area contributed by atoms with Crippen LogP contribution in [0, 0.1) is 0 Å². The monoisotopic (exact) mass is 1910 g/mol. The van der Waals surface area contributed by atoms with Gasteiger partial charge in [-0.3, -0.25) is 14.7 Å². The van der Waals surface area contributed by atoms with Gasteiger partial charge in [-0.25, -0.2) is 0 Å². The molecule has 0 radical (unpaired) electrons. The molecule has 0 aliphatic heterocycles. The van der Waals surface area contributed by atoms with Crippen LogP contribution in [0.2, 0.25) is 0 Å². The summed E-state index contributed by atoms with van der Waals surface area (Å²) in [5.41, 5.74) is 10.3. The molecule has 0 fully saturated rings. The van der Waals surface area contributed by atoms with Crippen molar-refractivity contribution in [3.05, 3.63) is 173 Å². The molecule has 0 heterocycles. The van der Waals surface area contributed by atoms with Gasteiger partial charge in [-0.2, -0.15) is 0 Å². The van der Waals surface area contributed by atoms with Gasteiger partial charge in [0.05, 0.1) is 17.9 Å². The molecule has 22 heteroatoms. The molecule has 0 saturated heterocycles. The Labute approximate surface area is 832 Å². The van der Waals surface area contributed by atoms with Crippen molar-refractivity contribution >= 4 is 17.9 Å². The van der Waals surface area contributed by atoms with Crippen LogP contribution in [-0.2, 0) is 184 Å². The summed E-state index contributed by atoms with van der Waals surface area (Å²) in [5, 5.41) is 153. The van der Waals surface area contributed by atoms with Crippen LogP contribution in [0.5, 0.6) is 34.5 Å². The Balaban J connectivity index is -0.000000832. The Morgan fingerprint density at radius 1 is 0.238 bits per heavy atom. The summed E-state index contributed by atoms with van der Waals surface area (Å²) in [4.78, 5) is 40.2. The molecular weight excluding hydrogens is 1740 g/mol. The van der Waals surface area contributed by atoms with E-state index in [1.165, 1.54) is 0 Å². The number of benzene rings is 6. The standard InChI is InChI=1S/3C32H49NO4.C3H8O.3C3H7O.3Ti/c3*1-29(2,3)22-13-20(27(36)24(15-22)31(7,8)9)17-33(19-26(34)35)18-21-14-23(30(4,5)6)16-25(28(21)37)32(10,11)12;4*1-3(2)4;;;/h3*13-16,36-37H,17-19H2,1-12H3,(H,34,35);3-4H,1-2H3;3*3H,1-2H3;;;/q;;;;3*-1;3*+4/p-9. The molecule has 0 atom stereocenters.